The van der Waals surface area contributed by atoms with E-state index in [1.54, 1.807) is 0 Å². The molecule has 1 unspecified atom stereocenters. The average Bonchev–Trinajstić information content (AvgIpc) is 1.90. The minimum absolute atomic E-state index is 0.282. The molecule has 0 saturated heterocycles. The first-order valence-electron chi connectivity index (χ1n) is 2.69. The van der Waals surface area contributed by atoms with Crippen molar-refractivity contribution in [2.45, 2.75) is 12.5 Å². The van der Waals surface area contributed by atoms with Crippen LogP contribution in [0.1, 0.15) is 6.42 Å². The summed E-state index contributed by atoms with van der Waals surface area (Å²) in [7, 11) is 0. The van der Waals surface area contributed by atoms with Gasteiger partial charge in [0.05, 0.1) is 0 Å². The summed E-state index contributed by atoms with van der Waals surface area (Å²) in [5.74, 6) is -0.282. The van der Waals surface area contributed by atoms with E-state index >= 15 is 0 Å². The van der Waals surface area contributed by atoms with Crippen molar-refractivity contribution in [2.24, 2.45) is 5.18 Å². The van der Waals surface area contributed by atoms with Gasteiger partial charge in [-0.2, -0.15) is 4.91 Å². The maximum absolute atomic E-state index is 12.1. The van der Waals surface area contributed by atoms with Crippen molar-refractivity contribution >= 4 is 0 Å². The molecule has 1 atom stereocenters. The molecule has 1 rings (SSSR count). The monoisotopic (exact) mass is 127 g/mol. The molecule has 1 aliphatic rings. The Kier molecular flexibility index (Phi) is 1.72. The van der Waals surface area contributed by atoms with Crippen LogP contribution in [0, 0.1) is 4.91 Å². The van der Waals surface area contributed by atoms with Gasteiger partial charge in [-0.1, -0.05) is 11.3 Å². The lowest BCUT2D eigenvalue weighted by molar-refractivity contribution is 0.641. The Bertz CT molecular complexity index is 174. The second kappa shape index (κ2) is 2.53. The summed E-state index contributed by atoms with van der Waals surface area (Å²) in [6.45, 7) is 0. The quantitative estimate of drug-likeness (QED) is 0.495. The topological polar surface area (TPSA) is 29.4 Å². The fourth-order valence-electron chi connectivity index (χ4n) is 0.661. The molecule has 0 saturated carbocycles. The number of halogens is 1. The Labute approximate surface area is 52.0 Å². The van der Waals surface area contributed by atoms with Crippen molar-refractivity contribution in [3.8, 4) is 0 Å². The third-order valence-corrected chi connectivity index (χ3v) is 1.17. The molecule has 0 fully saturated rings. The second-order valence-corrected chi connectivity index (χ2v) is 1.86. The van der Waals surface area contributed by atoms with Gasteiger partial charge >= 0.3 is 0 Å². The summed E-state index contributed by atoms with van der Waals surface area (Å²) in [6.07, 6.45) is 4.47. The number of allylic oxidation sites excluding steroid dienone is 2. The summed E-state index contributed by atoms with van der Waals surface area (Å²) < 4.78 is 12.1. The van der Waals surface area contributed by atoms with Gasteiger partial charge in [-0.25, -0.2) is 4.39 Å². The van der Waals surface area contributed by atoms with Crippen LogP contribution < -0.4 is 0 Å². The normalized spacial score (nSPS) is 25.4. The minimum atomic E-state index is -0.357. The SMILES string of the molecule is O=NC1C=CC(F)=CC1. The van der Waals surface area contributed by atoms with Crippen LogP contribution in [0.3, 0.4) is 0 Å². The van der Waals surface area contributed by atoms with Crippen LogP contribution in [0.4, 0.5) is 4.39 Å². The van der Waals surface area contributed by atoms with Crippen LogP contribution in [0.15, 0.2) is 29.2 Å². The van der Waals surface area contributed by atoms with Gasteiger partial charge in [-0.15, -0.1) is 0 Å². The molecule has 3 heteroatoms. The Morgan fingerprint density at radius 2 is 2.56 bits per heavy atom. The van der Waals surface area contributed by atoms with Crippen LogP contribution in [0.2, 0.25) is 0 Å². The Morgan fingerprint density at radius 3 is 3.00 bits per heavy atom. The standard InChI is InChI=1S/C6H6FNO/c7-5-1-3-6(8-9)4-2-5/h1-3,6H,4H2. The number of nitroso groups, excluding NO2 is 1. The van der Waals surface area contributed by atoms with E-state index in [1.165, 1.54) is 18.2 Å². The van der Waals surface area contributed by atoms with Crippen LogP contribution in [-0.2, 0) is 0 Å². The average molecular weight is 127 g/mol. The third-order valence-electron chi connectivity index (χ3n) is 1.17. The minimum Gasteiger partial charge on any atom is -0.207 e. The molecule has 1 aliphatic carbocycles. The molecule has 48 valence electrons. The largest absolute Gasteiger partial charge is 0.207 e. The highest BCUT2D eigenvalue weighted by Gasteiger charge is 2.06. The van der Waals surface area contributed by atoms with E-state index in [-0.39, 0.29) is 11.9 Å². The first-order valence-corrected chi connectivity index (χ1v) is 2.69. The molecule has 2 nitrogen and oxygen atoms in total. The summed E-state index contributed by atoms with van der Waals surface area (Å²) in [5.41, 5.74) is 0. The third kappa shape index (κ3) is 1.45. The van der Waals surface area contributed by atoms with Crippen molar-refractivity contribution in [3.63, 3.8) is 0 Å². The lowest BCUT2D eigenvalue weighted by atomic mass is 10.1. The molecule has 0 heterocycles. The van der Waals surface area contributed by atoms with Gasteiger partial charge in [0.15, 0.2) is 0 Å². The molecule has 9 heavy (non-hydrogen) atoms. The molecular weight excluding hydrogens is 121 g/mol. The van der Waals surface area contributed by atoms with Gasteiger partial charge in [-0.05, 0) is 18.6 Å². The van der Waals surface area contributed by atoms with Crippen molar-refractivity contribution in [1.29, 1.82) is 0 Å². The van der Waals surface area contributed by atoms with Crippen LogP contribution in [-0.4, -0.2) is 6.04 Å². The Morgan fingerprint density at radius 1 is 1.78 bits per heavy atom. The highest BCUT2D eigenvalue weighted by Crippen LogP contribution is 2.12. The van der Waals surface area contributed by atoms with E-state index in [0.717, 1.165) is 0 Å². The van der Waals surface area contributed by atoms with Gasteiger partial charge < -0.3 is 0 Å². The number of hydrogen-bond donors (Lipinski definition) is 0. The molecule has 0 radical (unpaired) electrons. The van der Waals surface area contributed by atoms with E-state index in [9.17, 15) is 9.30 Å². The highest BCUT2D eigenvalue weighted by atomic mass is 19.1. The summed E-state index contributed by atoms with van der Waals surface area (Å²) in [5, 5.41) is 2.73. The Hall–Kier alpha value is -0.990. The predicted molar refractivity (Wildman–Crippen MR) is 32.5 cm³/mol. The van der Waals surface area contributed by atoms with Crippen molar-refractivity contribution in [2.75, 3.05) is 0 Å². The van der Waals surface area contributed by atoms with Crippen molar-refractivity contribution in [3.05, 3.63) is 29.0 Å². The van der Waals surface area contributed by atoms with Crippen molar-refractivity contribution < 1.29 is 4.39 Å². The van der Waals surface area contributed by atoms with Gasteiger partial charge in [0.2, 0.25) is 0 Å². The molecule has 0 aliphatic heterocycles. The first-order chi connectivity index (χ1) is 4.33. The van der Waals surface area contributed by atoms with Crippen molar-refractivity contribution in [1.82, 2.24) is 0 Å². The van der Waals surface area contributed by atoms with Gasteiger partial charge in [0.25, 0.3) is 0 Å². The zero-order chi connectivity index (χ0) is 6.69. The van der Waals surface area contributed by atoms with Crippen LogP contribution >= 0.6 is 0 Å². The predicted octanol–water partition coefficient (Wildman–Crippen LogP) is 1.93. The van der Waals surface area contributed by atoms with Gasteiger partial charge in [-0.3, -0.25) is 0 Å². The lowest BCUT2D eigenvalue weighted by Gasteiger charge is -2.02. The first kappa shape index (κ1) is 6.13. The van der Waals surface area contributed by atoms with E-state index in [4.69, 9.17) is 0 Å². The van der Waals surface area contributed by atoms with E-state index in [2.05, 4.69) is 5.18 Å². The Balaban J connectivity index is 2.58. The zero-order valence-corrected chi connectivity index (χ0v) is 4.75. The van der Waals surface area contributed by atoms with Crippen LogP contribution in [0.25, 0.3) is 0 Å². The lowest BCUT2D eigenvalue weighted by Crippen LogP contribution is -1.99. The van der Waals surface area contributed by atoms with E-state index < -0.39 is 0 Å². The number of hydrogen-bond acceptors (Lipinski definition) is 2. The molecular formula is C6H6FNO. The molecule has 0 aromatic carbocycles. The van der Waals surface area contributed by atoms with E-state index in [1.807, 2.05) is 0 Å². The zero-order valence-electron chi connectivity index (χ0n) is 4.75. The highest BCUT2D eigenvalue weighted by molar-refractivity contribution is 5.19. The van der Waals surface area contributed by atoms with E-state index in [0.29, 0.717) is 6.42 Å². The molecule has 0 aromatic rings. The summed E-state index contributed by atoms with van der Waals surface area (Å²) in [4.78, 5) is 9.81. The fourth-order valence-corrected chi connectivity index (χ4v) is 0.661. The van der Waals surface area contributed by atoms with Gasteiger partial charge in [0.1, 0.15) is 11.9 Å². The van der Waals surface area contributed by atoms with Gasteiger partial charge in [0, 0.05) is 0 Å². The number of nitrogens with zero attached hydrogens (tertiary/aromatic N) is 1. The molecule has 0 N–H and O–H groups in total. The maximum Gasteiger partial charge on any atom is 0.119 e. The number of rotatable bonds is 1. The summed E-state index contributed by atoms with van der Waals surface area (Å²) in [6, 6.07) is -0.357. The fraction of sp³-hybridized carbons (Fsp3) is 0.333. The molecule has 0 aromatic heterocycles. The molecule has 0 amide bonds. The molecule has 0 spiro atoms. The smallest absolute Gasteiger partial charge is 0.119 e. The summed E-state index contributed by atoms with van der Waals surface area (Å²) >= 11 is 0. The molecule has 0 bridgehead atoms. The maximum atomic E-state index is 12.1. The van der Waals surface area contributed by atoms with Crippen LogP contribution in [0.5, 0.6) is 0 Å². The second-order valence-electron chi connectivity index (χ2n) is 1.86.